The van der Waals surface area contributed by atoms with Gasteiger partial charge in [0.2, 0.25) is 0 Å². The van der Waals surface area contributed by atoms with Gasteiger partial charge in [-0.25, -0.2) is 9.97 Å². The zero-order chi connectivity index (χ0) is 63.1. The number of hydrogen-bond acceptors (Lipinski definition) is 11. The lowest BCUT2D eigenvalue weighted by atomic mass is 9.95. The molecule has 0 bridgehead atoms. The fraction of sp³-hybridized carbons (Fsp3) is 0. The van der Waals surface area contributed by atoms with E-state index < -0.39 is 0 Å². The molecule has 0 N–H and O–H groups in total. The van der Waals surface area contributed by atoms with Crippen molar-refractivity contribution in [2.24, 2.45) is 0 Å². The first-order chi connectivity index (χ1) is 45.2. The van der Waals surface area contributed by atoms with Gasteiger partial charge < -0.3 is 9.13 Å². The van der Waals surface area contributed by atoms with E-state index >= 15 is 0 Å². The second-order valence-electron chi connectivity index (χ2n) is 21.7. The smallest absolute Gasteiger partial charge is 0.161 e. The number of nitrogens with zero attached hydrogens (tertiary/aromatic N) is 13. The lowest BCUT2D eigenvalue weighted by Crippen LogP contribution is -2.06. The van der Waals surface area contributed by atoms with E-state index in [1.54, 1.807) is 72.8 Å². The van der Waals surface area contributed by atoms with Crippen LogP contribution >= 0.6 is 0 Å². The van der Waals surface area contributed by atoms with Gasteiger partial charge >= 0.3 is 0 Å². The van der Waals surface area contributed by atoms with Gasteiger partial charge in [0.1, 0.15) is 0 Å². The van der Waals surface area contributed by atoms with E-state index in [9.17, 15) is 47.4 Å². The third-order valence-corrected chi connectivity index (χ3v) is 16.7. The largest absolute Gasteiger partial charge is 0.307 e. The molecular formula is C79H37N13. The maximum atomic E-state index is 11.7. The highest BCUT2D eigenvalue weighted by atomic mass is 15.1. The van der Waals surface area contributed by atoms with Crippen LogP contribution in [0.5, 0.6) is 0 Å². The number of nitriles is 9. The number of aromatic nitrogens is 4. The van der Waals surface area contributed by atoms with Gasteiger partial charge in [-0.1, -0.05) is 109 Å². The Balaban J connectivity index is 1.13. The van der Waals surface area contributed by atoms with Gasteiger partial charge in [-0.15, -0.1) is 0 Å². The number of fused-ring (bicyclic) bond motifs is 6. The summed E-state index contributed by atoms with van der Waals surface area (Å²) in [7, 11) is 0. The summed E-state index contributed by atoms with van der Waals surface area (Å²) in [5, 5.41) is 96.1. The van der Waals surface area contributed by atoms with E-state index in [-0.39, 0.29) is 11.4 Å². The van der Waals surface area contributed by atoms with Crippen molar-refractivity contribution in [3.05, 3.63) is 275 Å². The van der Waals surface area contributed by atoms with Gasteiger partial charge in [0, 0.05) is 38.2 Å². The van der Waals surface area contributed by atoms with Crippen molar-refractivity contribution in [3.63, 3.8) is 0 Å². The quantitative estimate of drug-likeness (QED) is 0.131. The summed E-state index contributed by atoms with van der Waals surface area (Å²) in [6.45, 7) is 0. The van der Waals surface area contributed by atoms with Gasteiger partial charge in [-0.3, -0.25) is 0 Å². The Hall–Kier alpha value is -14.5. The van der Waals surface area contributed by atoms with Crippen molar-refractivity contribution in [2.75, 3.05) is 0 Å². The van der Waals surface area contributed by atoms with Crippen LogP contribution in [0.15, 0.2) is 224 Å². The van der Waals surface area contributed by atoms with E-state index in [1.165, 1.54) is 0 Å². The number of rotatable bonds is 9. The Morgan fingerprint density at radius 3 is 0.826 bits per heavy atom. The normalized spacial score (nSPS) is 10.7. The summed E-state index contributed by atoms with van der Waals surface area (Å²) in [5.74, 6) is 0.275. The van der Waals surface area contributed by atoms with Crippen LogP contribution in [0.4, 0.5) is 0 Å². The molecule has 11 aromatic carbocycles. The maximum absolute atomic E-state index is 11.7. The molecule has 3 heterocycles. The average molecular weight is 1170 g/mol. The highest BCUT2D eigenvalue weighted by Crippen LogP contribution is 2.45. The molecule has 0 saturated heterocycles. The minimum absolute atomic E-state index is 0.240. The number of benzene rings is 11. The van der Waals surface area contributed by atoms with Crippen molar-refractivity contribution in [1.82, 2.24) is 19.1 Å². The molecule has 3 aromatic heterocycles. The van der Waals surface area contributed by atoms with Crippen LogP contribution in [0.25, 0.3) is 133 Å². The molecule has 0 aliphatic carbocycles. The van der Waals surface area contributed by atoms with E-state index in [1.807, 2.05) is 152 Å². The molecule has 14 rings (SSSR count). The highest BCUT2D eigenvalue weighted by Gasteiger charge is 2.26. The minimum Gasteiger partial charge on any atom is -0.307 e. The van der Waals surface area contributed by atoms with E-state index in [0.717, 1.165) is 32.7 Å². The molecule has 14 aromatic rings. The van der Waals surface area contributed by atoms with E-state index in [2.05, 4.69) is 63.8 Å². The molecule has 0 aliphatic heterocycles. The average Bonchev–Trinajstić information content (AvgIpc) is 1.55. The lowest BCUT2D eigenvalue weighted by Gasteiger charge is -2.20. The van der Waals surface area contributed by atoms with Crippen LogP contribution in [0.3, 0.4) is 0 Å². The van der Waals surface area contributed by atoms with Crippen LogP contribution in [0.1, 0.15) is 50.1 Å². The minimum atomic E-state index is 0.240. The van der Waals surface area contributed by atoms with Gasteiger partial charge in [0.05, 0.1) is 150 Å². The fourth-order valence-electron chi connectivity index (χ4n) is 12.4. The predicted octanol–water partition coefficient (Wildman–Crippen LogP) is 17.2. The summed E-state index contributed by atoms with van der Waals surface area (Å²) in [5.41, 5.74) is 15.2. The molecule has 0 radical (unpaired) electrons. The van der Waals surface area contributed by atoms with Crippen LogP contribution in [0.2, 0.25) is 0 Å². The first kappa shape index (κ1) is 55.4. The first-order valence-corrected chi connectivity index (χ1v) is 28.7. The van der Waals surface area contributed by atoms with Gasteiger partial charge in [0.15, 0.2) is 5.82 Å². The summed E-state index contributed by atoms with van der Waals surface area (Å²) in [6, 6.07) is 89.1. The first-order valence-electron chi connectivity index (χ1n) is 28.7. The predicted molar refractivity (Wildman–Crippen MR) is 351 cm³/mol. The third kappa shape index (κ3) is 9.37. The summed E-state index contributed by atoms with van der Waals surface area (Å²) in [6.07, 6.45) is 0. The number of hydrogen-bond donors (Lipinski definition) is 0. The molecule has 0 atom stereocenters. The highest BCUT2D eigenvalue weighted by molar-refractivity contribution is 6.14. The van der Waals surface area contributed by atoms with E-state index in [0.29, 0.717) is 139 Å². The molecular weight excluding hydrogens is 1130 g/mol. The Morgan fingerprint density at radius 1 is 0.239 bits per heavy atom. The third-order valence-electron chi connectivity index (χ3n) is 16.7. The molecule has 0 spiro atoms. The van der Waals surface area contributed by atoms with Crippen molar-refractivity contribution >= 4 is 43.6 Å². The molecule has 92 heavy (non-hydrogen) atoms. The molecule has 13 nitrogen and oxygen atoms in total. The van der Waals surface area contributed by atoms with Crippen molar-refractivity contribution in [3.8, 4) is 144 Å². The summed E-state index contributed by atoms with van der Waals surface area (Å²) >= 11 is 0. The fourth-order valence-corrected chi connectivity index (χ4v) is 12.4. The lowest BCUT2D eigenvalue weighted by molar-refractivity contribution is 1.09. The molecule has 0 aliphatic rings. The van der Waals surface area contributed by atoms with Crippen molar-refractivity contribution in [1.29, 1.82) is 47.4 Å². The second-order valence-corrected chi connectivity index (χ2v) is 21.7. The molecule has 13 heteroatoms. The molecule has 0 amide bonds. The van der Waals surface area contributed by atoms with Crippen molar-refractivity contribution < 1.29 is 0 Å². The Morgan fingerprint density at radius 2 is 0.533 bits per heavy atom. The summed E-state index contributed by atoms with van der Waals surface area (Å²) in [4.78, 5) is 10.5. The van der Waals surface area contributed by atoms with Gasteiger partial charge in [0.25, 0.3) is 0 Å². The van der Waals surface area contributed by atoms with Gasteiger partial charge in [-0.2, -0.15) is 47.4 Å². The molecule has 418 valence electrons. The zero-order valence-corrected chi connectivity index (χ0v) is 48.2. The van der Waals surface area contributed by atoms with Crippen LogP contribution < -0.4 is 0 Å². The van der Waals surface area contributed by atoms with E-state index in [4.69, 9.17) is 9.97 Å². The Kier molecular flexibility index (Phi) is 13.7. The maximum Gasteiger partial charge on any atom is 0.161 e. The monoisotopic (exact) mass is 1170 g/mol. The van der Waals surface area contributed by atoms with Crippen molar-refractivity contribution in [2.45, 2.75) is 0 Å². The standard InChI is InChI=1S/C79H37N13/c80-38-47-11-19-62(57(27-47)42-84)53-15-23-73-67(31-53)68-32-54(63-20-12-48(39-81)28-58(63)43-85)16-24-74(68)91(73)77-35-61(46-88)66(79-89-71(51-7-3-1-4-8-51)37-72(90-79)52-9-5-2-6-10-52)36-78(77)92-75-25-17-55(64-21-13-49(40-82)29-59(64)44-86)33-69(75)70-34-56(18-26-76(70)92)65-22-14-50(41-83)30-60(65)45-87/h1-37H. The summed E-state index contributed by atoms with van der Waals surface area (Å²) < 4.78 is 4.21. The van der Waals surface area contributed by atoms with Crippen LogP contribution in [-0.2, 0) is 0 Å². The Bertz CT molecular complexity index is 5620. The van der Waals surface area contributed by atoms with Crippen LogP contribution in [-0.4, -0.2) is 19.1 Å². The molecule has 0 fully saturated rings. The van der Waals surface area contributed by atoms with Crippen LogP contribution in [0, 0.1) is 102 Å². The second kappa shape index (κ2) is 22.7. The topological polar surface area (TPSA) is 250 Å². The zero-order valence-electron chi connectivity index (χ0n) is 48.2. The molecule has 0 unspecified atom stereocenters. The SMILES string of the molecule is N#Cc1ccc(-c2ccc3c(c2)c2cc(-c4ccc(C#N)cc4C#N)ccc2n3-c2cc(C#N)c(-c3nc(-c4ccccc4)cc(-c4ccccc4)n3)cc2-n2c3ccc(-c4ccc(C#N)cc4C#N)cc3c3cc(-c4ccc(C#N)cc4C#N)ccc32)c(C#N)c1. The van der Waals surface area contributed by atoms with Gasteiger partial charge in [-0.05, 0) is 160 Å². The Labute approximate surface area is 526 Å². The molecule has 0 saturated carbocycles.